The van der Waals surface area contributed by atoms with Crippen LogP contribution in [-0.2, 0) is 14.6 Å². The van der Waals surface area contributed by atoms with Crippen molar-refractivity contribution in [3.63, 3.8) is 0 Å². The van der Waals surface area contributed by atoms with Crippen LogP contribution in [0.2, 0.25) is 0 Å². The third-order valence-corrected chi connectivity index (χ3v) is 6.24. The summed E-state index contributed by atoms with van der Waals surface area (Å²) in [5, 5.41) is 15.1. The van der Waals surface area contributed by atoms with Gasteiger partial charge >= 0.3 is 0 Å². The van der Waals surface area contributed by atoms with Crippen molar-refractivity contribution in [2.45, 2.75) is 31.3 Å². The van der Waals surface area contributed by atoms with Gasteiger partial charge in [-0.1, -0.05) is 0 Å². The van der Waals surface area contributed by atoms with Gasteiger partial charge in [-0.05, 0) is 50.6 Å². The molecule has 156 valence electrons. The van der Waals surface area contributed by atoms with E-state index in [4.69, 9.17) is 0 Å². The van der Waals surface area contributed by atoms with Crippen molar-refractivity contribution in [2.24, 2.45) is 0 Å². The molecule has 0 unspecified atom stereocenters. The first-order valence-electron chi connectivity index (χ1n) is 8.59. The van der Waals surface area contributed by atoms with Crippen molar-refractivity contribution in [1.29, 1.82) is 0 Å². The van der Waals surface area contributed by atoms with Gasteiger partial charge in [0.25, 0.3) is 11.8 Å². The number of pyridine rings is 1. The van der Waals surface area contributed by atoms with E-state index in [0.717, 1.165) is 30.3 Å². The minimum absolute atomic E-state index is 0.303. The van der Waals surface area contributed by atoms with Crippen molar-refractivity contribution >= 4 is 27.3 Å². The molecule has 8 nitrogen and oxygen atoms in total. The number of benzene rings is 1. The Balaban J connectivity index is 2.23. The van der Waals surface area contributed by atoms with Crippen molar-refractivity contribution in [3.05, 3.63) is 53.1 Å². The van der Waals surface area contributed by atoms with E-state index in [1.165, 1.54) is 13.2 Å². The number of rotatable bonds is 6. The van der Waals surface area contributed by atoms with Crippen molar-refractivity contribution in [2.75, 3.05) is 18.1 Å². The van der Waals surface area contributed by atoms with Gasteiger partial charge in [-0.3, -0.25) is 14.6 Å². The lowest BCUT2D eigenvalue weighted by molar-refractivity contribution is -0.130. The van der Waals surface area contributed by atoms with Crippen LogP contribution >= 0.6 is 0 Å². The third-order valence-electron chi connectivity index (χ3n) is 4.33. The summed E-state index contributed by atoms with van der Waals surface area (Å²) >= 11 is 0. The quantitative estimate of drug-likeness (QED) is 0.644. The largest absolute Gasteiger partial charge is 0.379 e. The lowest BCUT2D eigenvalue weighted by Gasteiger charge is -2.22. The molecule has 0 saturated carbocycles. The summed E-state index contributed by atoms with van der Waals surface area (Å²) in [5.74, 6) is -3.67. The van der Waals surface area contributed by atoms with E-state index in [9.17, 15) is 27.5 Å². The maximum absolute atomic E-state index is 14.1. The van der Waals surface area contributed by atoms with Crippen LogP contribution in [-0.4, -0.2) is 48.7 Å². The second-order valence-corrected chi connectivity index (χ2v) is 8.82. The molecule has 10 heteroatoms. The van der Waals surface area contributed by atoms with E-state index in [1.807, 2.05) is 0 Å². The zero-order valence-electron chi connectivity index (χ0n) is 16.4. The first-order chi connectivity index (χ1) is 13.4. The summed E-state index contributed by atoms with van der Waals surface area (Å²) in [6, 6.07) is 4.39. The summed E-state index contributed by atoms with van der Waals surface area (Å²) in [6.07, 6.45) is 1.39. The highest BCUT2D eigenvalue weighted by Crippen LogP contribution is 2.21. The Morgan fingerprint density at radius 3 is 2.45 bits per heavy atom. The van der Waals surface area contributed by atoms with Crippen LogP contribution in [0.4, 0.5) is 10.1 Å². The highest BCUT2D eigenvalue weighted by Gasteiger charge is 2.37. The summed E-state index contributed by atoms with van der Waals surface area (Å²) in [7, 11) is -2.93. The number of nitrogens with one attached hydrogen (secondary N) is 2. The molecule has 0 bridgehead atoms. The molecule has 0 spiro atoms. The molecule has 0 radical (unpaired) electrons. The fourth-order valence-electron chi connectivity index (χ4n) is 2.50. The molecule has 1 heterocycles. The normalized spacial score (nSPS) is 13.4. The molecule has 0 aliphatic heterocycles. The fourth-order valence-corrected chi connectivity index (χ4v) is 4.10. The molecule has 2 rings (SSSR count). The molecule has 1 atom stereocenters. The van der Waals surface area contributed by atoms with Gasteiger partial charge in [-0.25, -0.2) is 12.8 Å². The number of aromatic nitrogens is 1. The first-order valence-corrected chi connectivity index (χ1v) is 10.2. The molecule has 0 saturated heterocycles. The second-order valence-electron chi connectivity index (χ2n) is 6.83. The molecule has 0 fully saturated rings. The van der Waals surface area contributed by atoms with Gasteiger partial charge in [-0.15, -0.1) is 0 Å². The van der Waals surface area contributed by atoms with Crippen LogP contribution < -0.4 is 10.6 Å². The summed E-state index contributed by atoms with van der Waals surface area (Å²) < 4.78 is 39.3. The number of nitrogens with zero attached hydrogens (tertiary/aromatic N) is 1. The minimum atomic E-state index is -4.24. The molecule has 3 N–H and O–H groups in total. The lowest BCUT2D eigenvalue weighted by atomic mass is 10.1. The van der Waals surface area contributed by atoms with Crippen LogP contribution in [0.5, 0.6) is 0 Å². The van der Waals surface area contributed by atoms with E-state index < -0.39 is 43.7 Å². The molecule has 1 aromatic carbocycles. The number of hydrogen-bond donors (Lipinski definition) is 3. The Kier molecular flexibility index (Phi) is 6.39. The molecule has 0 aliphatic carbocycles. The van der Waals surface area contributed by atoms with Gasteiger partial charge in [0.05, 0.1) is 28.1 Å². The average Bonchev–Trinajstić information content (AvgIpc) is 2.63. The molecule has 1 aromatic heterocycles. The van der Waals surface area contributed by atoms with E-state index in [-0.39, 0.29) is 5.56 Å². The fraction of sp³-hybridized carbons (Fsp3) is 0.316. The molecular weight excluding hydrogens is 401 g/mol. The number of aliphatic hydroxyl groups is 1. The van der Waals surface area contributed by atoms with Gasteiger partial charge in [0.1, 0.15) is 5.82 Å². The zero-order valence-corrected chi connectivity index (χ0v) is 17.2. The van der Waals surface area contributed by atoms with Crippen LogP contribution in [0.25, 0.3) is 0 Å². The van der Waals surface area contributed by atoms with Gasteiger partial charge in [0.15, 0.2) is 15.4 Å². The van der Waals surface area contributed by atoms with Crippen molar-refractivity contribution in [3.8, 4) is 0 Å². The van der Waals surface area contributed by atoms with Crippen molar-refractivity contribution < 1.29 is 27.5 Å². The van der Waals surface area contributed by atoms with Gasteiger partial charge in [-0.2, -0.15) is 0 Å². The first kappa shape index (κ1) is 22.4. The maximum Gasteiger partial charge on any atom is 0.257 e. The SMILES string of the molecule is CNC(=O)c1ccc(S(=O)(=O)C[C@](C)(O)C(=O)Nc2cnc(C)c(C)c2)cc1F. The number of halogens is 1. The molecule has 29 heavy (non-hydrogen) atoms. The summed E-state index contributed by atoms with van der Waals surface area (Å²) in [5.41, 5.74) is -0.746. The standard InChI is InChI=1S/C19H22FN3O5S/c1-11-7-13(9-22-12(11)2)23-18(25)19(3,26)10-29(27,28)14-5-6-15(16(20)8-14)17(24)21-4/h5-9,26H,10H2,1-4H3,(H,21,24)(H,23,25)/t19-/m0/s1. The number of carbonyl (C=O) groups is 2. The molecule has 0 aliphatic rings. The Morgan fingerprint density at radius 1 is 1.24 bits per heavy atom. The molecular formula is C19H22FN3O5S. The number of hydrogen-bond acceptors (Lipinski definition) is 6. The number of carbonyl (C=O) groups excluding carboxylic acids is 2. The topological polar surface area (TPSA) is 125 Å². The summed E-state index contributed by atoms with van der Waals surface area (Å²) in [4.78, 5) is 27.6. The van der Waals surface area contributed by atoms with Crippen LogP contribution in [0.15, 0.2) is 35.4 Å². The van der Waals surface area contributed by atoms with Gasteiger partial charge in [0, 0.05) is 12.7 Å². The minimum Gasteiger partial charge on any atom is -0.379 e. The van der Waals surface area contributed by atoms with Crippen LogP contribution in [0.1, 0.15) is 28.5 Å². The number of anilines is 1. The predicted octanol–water partition coefficient (Wildman–Crippen LogP) is 1.36. The molecule has 2 amide bonds. The third kappa shape index (κ3) is 5.15. The molecule has 2 aromatic rings. The Morgan fingerprint density at radius 2 is 1.90 bits per heavy atom. The predicted molar refractivity (Wildman–Crippen MR) is 105 cm³/mol. The second kappa shape index (κ2) is 8.26. The lowest BCUT2D eigenvalue weighted by Crippen LogP contribution is -2.45. The summed E-state index contributed by atoms with van der Waals surface area (Å²) in [6.45, 7) is 4.62. The Hall–Kier alpha value is -2.85. The monoisotopic (exact) mass is 423 g/mol. The average molecular weight is 423 g/mol. The van der Waals surface area contributed by atoms with Crippen LogP contribution in [0.3, 0.4) is 0 Å². The van der Waals surface area contributed by atoms with E-state index in [1.54, 1.807) is 19.9 Å². The highest BCUT2D eigenvalue weighted by molar-refractivity contribution is 7.91. The number of aryl methyl sites for hydroxylation is 2. The highest BCUT2D eigenvalue weighted by atomic mass is 32.2. The van der Waals surface area contributed by atoms with Gasteiger partial charge in [0.2, 0.25) is 0 Å². The van der Waals surface area contributed by atoms with E-state index in [2.05, 4.69) is 15.6 Å². The Bertz CT molecular complexity index is 1070. The van der Waals surface area contributed by atoms with Crippen LogP contribution in [0, 0.1) is 19.7 Å². The van der Waals surface area contributed by atoms with Gasteiger partial charge < -0.3 is 15.7 Å². The Labute approximate surface area is 168 Å². The number of sulfone groups is 1. The number of amides is 2. The zero-order chi connectivity index (χ0) is 22.0. The van der Waals surface area contributed by atoms with E-state index >= 15 is 0 Å². The van der Waals surface area contributed by atoms with E-state index in [0.29, 0.717) is 11.8 Å². The van der Waals surface area contributed by atoms with Crippen molar-refractivity contribution in [1.82, 2.24) is 10.3 Å². The maximum atomic E-state index is 14.1. The smallest absolute Gasteiger partial charge is 0.257 e.